The van der Waals surface area contributed by atoms with E-state index in [2.05, 4.69) is 4.36 Å². The molecule has 4 heteroatoms. The first-order valence-corrected chi connectivity index (χ1v) is 5.73. The van der Waals surface area contributed by atoms with Gasteiger partial charge in [0.1, 0.15) is 5.82 Å². The van der Waals surface area contributed by atoms with Gasteiger partial charge in [-0.15, -0.1) is 0 Å². The lowest BCUT2D eigenvalue weighted by Gasteiger charge is -1.95. The fraction of sp³-hybridized carbons (Fsp3) is 0.250. The van der Waals surface area contributed by atoms with Crippen molar-refractivity contribution in [1.82, 2.24) is 0 Å². The Morgan fingerprint density at radius 3 is 2.58 bits per heavy atom. The van der Waals surface area contributed by atoms with Crippen LogP contribution in [-0.4, -0.2) is 16.7 Å². The van der Waals surface area contributed by atoms with E-state index in [0.717, 1.165) is 0 Å². The lowest BCUT2D eigenvalue weighted by molar-refractivity contribution is 0.628. The van der Waals surface area contributed by atoms with Crippen LogP contribution in [0.25, 0.3) is 0 Å². The number of hydrogen-bond donors (Lipinski definition) is 0. The summed E-state index contributed by atoms with van der Waals surface area (Å²) in [5.74, 6) is -0.361. The summed E-state index contributed by atoms with van der Waals surface area (Å²) in [6.45, 7) is 0. The van der Waals surface area contributed by atoms with Gasteiger partial charge < -0.3 is 0 Å². The Labute approximate surface area is 71.6 Å². The van der Waals surface area contributed by atoms with E-state index in [0.29, 0.717) is 5.69 Å². The number of hydrogen-bond acceptors (Lipinski definition) is 2. The number of rotatable bonds is 1. The predicted octanol–water partition coefficient (Wildman–Crippen LogP) is 2.18. The maximum atomic E-state index is 12.6. The average Bonchev–Trinajstić information content (AvgIpc) is 1.82. The Hall–Kier alpha value is -0.900. The highest BCUT2D eigenvalue weighted by molar-refractivity contribution is 7.92. The fourth-order valence-corrected chi connectivity index (χ4v) is 1.41. The standard InChI is InChI=1S/C8H10FNOS/c1-12(2,11)10-8-5-3-4-7(9)6-8/h3-6H,1-2H3. The summed E-state index contributed by atoms with van der Waals surface area (Å²) < 4.78 is 27.6. The van der Waals surface area contributed by atoms with Crippen LogP contribution < -0.4 is 0 Å². The van der Waals surface area contributed by atoms with Crippen molar-refractivity contribution in [1.29, 1.82) is 0 Å². The van der Waals surface area contributed by atoms with Crippen molar-refractivity contribution < 1.29 is 8.60 Å². The van der Waals surface area contributed by atoms with Crippen molar-refractivity contribution in [3.05, 3.63) is 30.1 Å². The van der Waals surface area contributed by atoms with Gasteiger partial charge in [-0.05, 0) is 12.1 Å². The van der Waals surface area contributed by atoms with Gasteiger partial charge in [0, 0.05) is 28.3 Å². The van der Waals surface area contributed by atoms with Gasteiger partial charge in [0.25, 0.3) is 0 Å². The number of benzene rings is 1. The van der Waals surface area contributed by atoms with Crippen molar-refractivity contribution in [2.24, 2.45) is 4.36 Å². The van der Waals surface area contributed by atoms with Gasteiger partial charge in [0.05, 0.1) is 5.69 Å². The Bertz CT molecular complexity index is 386. The summed E-state index contributed by atoms with van der Waals surface area (Å²) in [4.78, 5) is 0. The molecule has 0 saturated heterocycles. The van der Waals surface area contributed by atoms with Gasteiger partial charge in [-0.1, -0.05) is 6.07 Å². The third-order valence-corrected chi connectivity index (χ3v) is 1.78. The van der Waals surface area contributed by atoms with Crippen molar-refractivity contribution in [2.75, 3.05) is 12.5 Å². The van der Waals surface area contributed by atoms with Gasteiger partial charge in [-0.25, -0.2) is 8.60 Å². The second kappa shape index (κ2) is 3.23. The number of nitrogens with zero attached hydrogens (tertiary/aromatic N) is 1. The maximum absolute atomic E-state index is 12.6. The molecule has 1 aromatic carbocycles. The molecule has 0 spiro atoms. The van der Waals surface area contributed by atoms with Gasteiger partial charge in [-0.3, -0.25) is 0 Å². The second-order valence-electron chi connectivity index (χ2n) is 2.75. The Kier molecular flexibility index (Phi) is 2.47. The monoisotopic (exact) mass is 187 g/mol. The van der Waals surface area contributed by atoms with E-state index >= 15 is 0 Å². The first-order valence-electron chi connectivity index (χ1n) is 3.40. The first kappa shape index (κ1) is 9.19. The van der Waals surface area contributed by atoms with Crippen molar-refractivity contribution in [3.8, 4) is 0 Å². The van der Waals surface area contributed by atoms with Crippen LogP contribution in [-0.2, 0) is 9.73 Å². The van der Waals surface area contributed by atoms with E-state index in [1.807, 2.05) is 0 Å². The molecule has 0 atom stereocenters. The maximum Gasteiger partial charge on any atom is 0.125 e. The van der Waals surface area contributed by atoms with E-state index in [-0.39, 0.29) is 5.82 Å². The summed E-state index contributed by atoms with van der Waals surface area (Å²) in [5, 5.41) is 0. The lowest BCUT2D eigenvalue weighted by Crippen LogP contribution is -1.88. The molecule has 0 aliphatic carbocycles. The van der Waals surface area contributed by atoms with Crippen LogP contribution in [0.1, 0.15) is 0 Å². The summed E-state index contributed by atoms with van der Waals surface area (Å²) in [6.07, 6.45) is 3.02. The van der Waals surface area contributed by atoms with Crippen LogP contribution in [0.15, 0.2) is 28.6 Å². The summed E-state index contributed by atoms with van der Waals surface area (Å²) in [6, 6.07) is 5.74. The van der Waals surface area contributed by atoms with Gasteiger partial charge in [-0.2, -0.15) is 4.36 Å². The van der Waals surface area contributed by atoms with Gasteiger partial charge >= 0.3 is 0 Å². The summed E-state index contributed by atoms with van der Waals surface area (Å²) in [7, 11) is -2.19. The normalized spacial score (nSPS) is 11.2. The van der Waals surface area contributed by atoms with Crippen LogP contribution in [0.3, 0.4) is 0 Å². The van der Waals surface area contributed by atoms with E-state index in [9.17, 15) is 8.60 Å². The quantitative estimate of drug-likeness (QED) is 0.662. The zero-order valence-corrected chi connectivity index (χ0v) is 7.77. The van der Waals surface area contributed by atoms with Crippen molar-refractivity contribution in [2.45, 2.75) is 0 Å². The first-order chi connectivity index (χ1) is 5.47. The molecule has 0 fully saturated rings. The Balaban J connectivity index is 3.15. The van der Waals surface area contributed by atoms with Crippen molar-refractivity contribution >= 4 is 15.4 Å². The topological polar surface area (TPSA) is 29.4 Å². The highest BCUT2D eigenvalue weighted by Gasteiger charge is 1.94. The largest absolute Gasteiger partial charge is 0.250 e. The molecule has 1 rings (SSSR count). The molecule has 0 aliphatic rings. The molecule has 0 amide bonds. The minimum atomic E-state index is -2.19. The third kappa shape index (κ3) is 3.00. The van der Waals surface area contributed by atoms with Gasteiger partial charge in [0.15, 0.2) is 0 Å². The van der Waals surface area contributed by atoms with E-state index < -0.39 is 9.73 Å². The molecule has 1 aromatic rings. The van der Waals surface area contributed by atoms with Crippen LogP contribution in [0.2, 0.25) is 0 Å². The molecule has 0 radical (unpaired) electrons. The fourth-order valence-electron chi connectivity index (χ4n) is 0.787. The molecule has 0 N–H and O–H groups in total. The minimum Gasteiger partial charge on any atom is -0.250 e. The zero-order valence-electron chi connectivity index (χ0n) is 6.95. The SMILES string of the molecule is CS(C)(=O)=Nc1cccc(F)c1. The van der Waals surface area contributed by atoms with Crippen LogP contribution >= 0.6 is 0 Å². The summed E-state index contributed by atoms with van der Waals surface area (Å²) in [5.41, 5.74) is 0.421. The second-order valence-corrected chi connectivity index (χ2v) is 5.30. The van der Waals surface area contributed by atoms with Crippen LogP contribution in [0.5, 0.6) is 0 Å². The average molecular weight is 187 g/mol. The molecule has 0 aromatic heterocycles. The van der Waals surface area contributed by atoms with E-state index in [1.54, 1.807) is 12.1 Å². The molecule has 0 heterocycles. The minimum absolute atomic E-state index is 0.361. The lowest BCUT2D eigenvalue weighted by atomic mass is 10.3. The van der Waals surface area contributed by atoms with E-state index in [4.69, 9.17) is 0 Å². The van der Waals surface area contributed by atoms with Crippen molar-refractivity contribution in [3.63, 3.8) is 0 Å². The molecule has 66 valence electrons. The number of halogens is 1. The molecule has 0 bridgehead atoms. The molecule has 0 saturated carbocycles. The predicted molar refractivity (Wildman–Crippen MR) is 48.5 cm³/mol. The molecule has 0 unspecified atom stereocenters. The molecular formula is C8H10FNOS. The smallest absolute Gasteiger partial charge is 0.125 e. The van der Waals surface area contributed by atoms with Crippen LogP contribution in [0, 0.1) is 5.82 Å². The highest BCUT2D eigenvalue weighted by Crippen LogP contribution is 2.14. The Morgan fingerprint density at radius 2 is 2.08 bits per heavy atom. The highest BCUT2D eigenvalue weighted by atomic mass is 32.2. The molecule has 12 heavy (non-hydrogen) atoms. The van der Waals surface area contributed by atoms with Gasteiger partial charge in [0.2, 0.25) is 0 Å². The molecule has 2 nitrogen and oxygen atoms in total. The summed E-state index contributed by atoms with van der Waals surface area (Å²) >= 11 is 0. The van der Waals surface area contributed by atoms with Crippen LogP contribution in [0.4, 0.5) is 10.1 Å². The van der Waals surface area contributed by atoms with E-state index in [1.165, 1.54) is 24.6 Å². The molecular weight excluding hydrogens is 177 g/mol. The third-order valence-electron chi connectivity index (χ3n) is 1.13. The zero-order chi connectivity index (χ0) is 9.19. The molecule has 0 aliphatic heterocycles. The Morgan fingerprint density at radius 1 is 1.42 bits per heavy atom.